The van der Waals surface area contributed by atoms with Gasteiger partial charge in [-0.15, -0.1) is 0 Å². The molecule has 0 saturated carbocycles. The monoisotopic (exact) mass is 218 g/mol. The number of carbonyl (C=O) groups is 2. The predicted octanol–water partition coefficient (Wildman–Crippen LogP) is 1.37. The van der Waals surface area contributed by atoms with Crippen LogP contribution in [0.5, 0.6) is 0 Å². The quantitative estimate of drug-likeness (QED) is 0.752. The fraction of sp³-hybridized carbons (Fsp3) is 0.167. The lowest BCUT2D eigenvalue weighted by Gasteiger charge is -2.05. The van der Waals surface area contributed by atoms with Crippen molar-refractivity contribution in [2.75, 3.05) is 5.32 Å². The highest BCUT2D eigenvalue weighted by molar-refractivity contribution is 6.07. The topological polar surface area (TPSA) is 72.2 Å². The summed E-state index contributed by atoms with van der Waals surface area (Å²) in [5, 5.41) is 2.66. The van der Waals surface area contributed by atoms with Gasteiger partial charge >= 0.3 is 0 Å². The van der Waals surface area contributed by atoms with Gasteiger partial charge in [-0.2, -0.15) is 0 Å². The minimum Gasteiger partial charge on any atom is -0.366 e. The molecule has 0 saturated heterocycles. The van der Waals surface area contributed by atoms with Gasteiger partial charge in [-0.3, -0.25) is 9.59 Å². The lowest BCUT2D eigenvalue weighted by Crippen LogP contribution is -2.16. The SMILES string of the molecule is CC(=CC(N)=O)C(=O)Nc1ccc(C)cc1. The van der Waals surface area contributed by atoms with E-state index in [1.807, 2.05) is 19.1 Å². The van der Waals surface area contributed by atoms with Crippen LogP contribution < -0.4 is 11.1 Å². The Kier molecular flexibility index (Phi) is 3.83. The van der Waals surface area contributed by atoms with E-state index in [9.17, 15) is 9.59 Å². The third kappa shape index (κ3) is 3.57. The molecule has 1 aromatic rings. The standard InChI is InChI=1S/C12H14N2O2/c1-8-3-5-10(6-4-8)14-12(16)9(2)7-11(13)15/h3-7H,1-2H3,(H2,13,15)(H,14,16). The van der Waals surface area contributed by atoms with E-state index in [2.05, 4.69) is 5.32 Å². The second-order valence-electron chi connectivity index (χ2n) is 3.55. The second-order valence-corrected chi connectivity index (χ2v) is 3.55. The molecule has 84 valence electrons. The fourth-order valence-electron chi connectivity index (χ4n) is 1.15. The summed E-state index contributed by atoms with van der Waals surface area (Å²) < 4.78 is 0. The smallest absolute Gasteiger partial charge is 0.251 e. The van der Waals surface area contributed by atoms with E-state index >= 15 is 0 Å². The Balaban J connectivity index is 2.71. The summed E-state index contributed by atoms with van der Waals surface area (Å²) in [4.78, 5) is 22.1. The summed E-state index contributed by atoms with van der Waals surface area (Å²) in [5.74, 6) is -0.959. The van der Waals surface area contributed by atoms with Gasteiger partial charge in [0, 0.05) is 17.3 Å². The average Bonchev–Trinajstić information content (AvgIpc) is 2.20. The number of amides is 2. The van der Waals surface area contributed by atoms with E-state index in [1.165, 1.54) is 6.92 Å². The lowest BCUT2D eigenvalue weighted by molar-refractivity contribution is -0.115. The zero-order chi connectivity index (χ0) is 12.1. The molecule has 0 heterocycles. The van der Waals surface area contributed by atoms with Gasteiger partial charge in [-0.1, -0.05) is 17.7 Å². The van der Waals surface area contributed by atoms with E-state index in [-0.39, 0.29) is 11.5 Å². The zero-order valence-corrected chi connectivity index (χ0v) is 9.28. The van der Waals surface area contributed by atoms with Gasteiger partial charge in [0.15, 0.2) is 0 Å². The van der Waals surface area contributed by atoms with E-state index in [4.69, 9.17) is 5.73 Å². The van der Waals surface area contributed by atoms with Crippen molar-refractivity contribution in [2.24, 2.45) is 5.73 Å². The number of nitrogens with one attached hydrogen (secondary N) is 1. The van der Waals surface area contributed by atoms with Crippen molar-refractivity contribution in [3.63, 3.8) is 0 Å². The van der Waals surface area contributed by atoms with Crippen molar-refractivity contribution in [3.05, 3.63) is 41.5 Å². The maximum atomic E-state index is 11.5. The van der Waals surface area contributed by atoms with Crippen LogP contribution in [0.2, 0.25) is 0 Å². The highest BCUT2D eigenvalue weighted by atomic mass is 16.2. The first-order chi connectivity index (χ1) is 7.49. The van der Waals surface area contributed by atoms with Crippen molar-refractivity contribution in [3.8, 4) is 0 Å². The van der Waals surface area contributed by atoms with Crippen LogP contribution in [0.3, 0.4) is 0 Å². The average molecular weight is 218 g/mol. The van der Waals surface area contributed by atoms with Gasteiger partial charge in [0.05, 0.1) is 0 Å². The number of primary amides is 1. The molecular weight excluding hydrogens is 204 g/mol. The Morgan fingerprint density at radius 1 is 1.25 bits per heavy atom. The molecule has 0 aliphatic rings. The summed E-state index contributed by atoms with van der Waals surface area (Å²) >= 11 is 0. The van der Waals surface area contributed by atoms with Crippen LogP contribution in [-0.2, 0) is 9.59 Å². The molecular formula is C12H14N2O2. The Hall–Kier alpha value is -2.10. The van der Waals surface area contributed by atoms with Gasteiger partial charge in [0.2, 0.25) is 5.91 Å². The van der Waals surface area contributed by atoms with Gasteiger partial charge < -0.3 is 11.1 Å². The molecule has 1 aromatic carbocycles. The first kappa shape index (κ1) is 12.0. The van der Waals surface area contributed by atoms with Crippen molar-refractivity contribution in [1.82, 2.24) is 0 Å². The van der Waals surface area contributed by atoms with Crippen LogP contribution in [0, 0.1) is 6.92 Å². The molecule has 0 atom stereocenters. The lowest BCUT2D eigenvalue weighted by atomic mass is 10.2. The molecule has 2 amide bonds. The number of benzene rings is 1. The molecule has 0 aliphatic heterocycles. The maximum absolute atomic E-state index is 11.5. The van der Waals surface area contributed by atoms with E-state index in [1.54, 1.807) is 12.1 Å². The molecule has 0 radical (unpaired) electrons. The summed E-state index contributed by atoms with van der Waals surface area (Å²) in [6, 6.07) is 7.38. The summed E-state index contributed by atoms with van der Waals surface area (Å²) in [7, 11) is 0. The largest absolute Gasteiger partial charge is 0.366 e. The van der Waals surface area contributed by atoms with Crippen molar-refractivity contribution >= 4 is 17.5 Å². The van der Waals surface area contributed by atoms with Crippen LogP contribution in [0.25, 0.3) is 0 Å². The van der Waals surface area contributed by atoms with Gasteiger partial charge in [-0.25, -0.2) is 0 Å². The highest BCUT2D eigenvalue weighted by Crippen LogP contribution is 2.09. The molecule has 0 unspecified atom stereocenters. The highest BCUT2D eigenvalue weighted by Gasteiger charge is 2.05. The van der Waals surface area contributed by atoms with Crippen LogP contribution in [0.15, 0.2) is 35.9 Å². The normalized spacial score (nSPS) is 11.0. The molecule has 0 bridgehead atoms. The number of anilines is 1. The summed E-state index contributed by atoms with van der Waals surface area (Å²) in [6.45, 7) is 3.50. The number of rotatable bonds is 3. The molecule has 16 heavy (non-hydrogen) atoms. The molecule has 1 rings (SSSR count). The van der Waals surface area contributed by atoms with Crippen LogP contribution >= 0.6 is 0 Å². The Morgan fingerprint density at radius 3 is 2.31 bits per heavy atom. The first-order valence-corrected chi connectivity index (χ1v) is 4.85. The number of aryl methyl sites for hydroxylation is 1. The fourth-order valence-corrected chi connectivity index (χ4v) is 1.15. The minimum absolute atomic E-state index is 0.285. The van der Waals surface area contributed by atoms with Crippen molar-refractivity contribution < 1.29 is 9.59 Å². The predicted molar refractivity (Wildman–Crippen MR) is 62.8 cm³/mol. The summed E-state index contributed by atoms with van der Waals surface area (Å²) in [6.07, 6.45) is 1.10. The Labute approximate surface area is 94.1 Å². The third-order valence-corrected chi connectivity index (χ3v) is 2.03. The first-order valence-electron chi connectivity index (χ1n) is 4.85. The molecule has 0 spiro atoms. The Bertz CT molecular complexity index is 433. The number of carbonyl (C=O) groups excluding carboxylic acids is 2. The molecule has 0 aliphatic carbocycles. The maximum Gasteiger partial charge on any atom is 0.251 e. The van der Waals surface area contributed by atoms with Gasteiger partial charge in [0.25, 0.3) is 5.91 Å². The van der Waals surface area contributed by atoms with E-state index in [0.717, 1.165) is 11.6 Å². The minimum atomic E-state index is -0.628. The molecule has 4 nitrogen and oxygen atoms in total. The second kappa shape index (κ2) is 5.11. The third-order valence-electron chi connectivity index (χ3n) is 2.03. The summed E-state index contributed by atoms with van der Waals surface area (Å²) in [5.41, 5.74) is 7.04. The van der Waals surface area contributed by atoms with Crippen LogP contribution in [0.4, 0.5) is 5.69 Å². The van der Waals surface area contributed by atoms with Crippen LogP contribution in [0.1, 0.15) is 12.5 Å². The molecule has 4 heteroatoms. The number of hydrogen-bond acceptors (Lipinski definition) is 2. The number of hydrogen-bond donors (Lipinski definition) is 2. The number of nitrogens with two attached hydrogens (primary N) is 1. The zero-order valence-electron chi connectivity index (χ0n) is 9.28. The van der Waals surface area contributed by atoms with Gasteiger partial charge in [-0.05, 0) is 26.0 Å². The van der Waals surface area contributed by atoms with Crippen molar-refractivity contribution in [2.45, 2.75) is 13.8 Å². The van der Waals surface area contributed by atoms with Gasteiger partial charge in [0.1, 0.15) is 0 Å². The molecule has 0 fully saturated rings. The Morgan fingerprint density at radius 2 is 1.81 bits per heavy atom. The van der Waals surface area contributed by atoms with Crippen molar-refractivity contribution in [1.29, 1.82) is 0 Å². The molecule has 3 N–H and O–H groups in total. The molecule has 0 aromatic heterocycles. The van der Waals surface area contributed by atoms with Crippen LogP contribution in [-0.4, -0.2) is 11.8 Å². The van der Waals surface area contributed by atoms with E-state index in [0.29, 0.717) is 5.69 Å². The van der Waals surface area contributed by atoms with E-state index < -0.39 is 5.91 Å².